The molecule has 0 aliphatic heterocycles. The molecule has 0 bridgehead atoms. The smallest absolute Gasteiger partial charge is 0.283 e. The largest absolute Gasteiger partial charge is 0.302 e. The van der Waals surface area contributed by atoms with Crippen LogP contribution in [-0.2, 0) is 10.1 Å². The first-order valence-corrected chi connectivity index (χ1v) is 16.3. The second kappa shape index (κ2) is 11.7. The Morgan fingerprint density at radius 2 is 0.514 bits per heavy atom. The van der Waals surface area contributed by atoms with Crippen LogP contribution in [0.4, 0.5) is 0 Å². The van der Waals surface area contributed by atoms with E-state index in [9.17, 15) is 13.0 Å². The number of halogens is 21. The number of rotatable bonds is 9. The van der Waals surface area contributed by atoms with Gasteiger partial charge in [-0.2, -0.15) is 8.42 Å². The molecule has 3 nitrogen and oxygen atoms in total. The normalized spacial score (nSPS) is 17.1. The average Bonchev–Trinajstić information content (AvgIpc) is 2.58. The molecule has 1 N–H and O–H groups in total. The van der Waals surface area contributed by atoms with Gasteiger partial charge in [-0.1, -0.05) is 244 Å². The molecule has 0 atom stereocenters. The van der Waals surface area contributed by atoms with Crippen molar-refractivity contribution in [3.63, 3.8) is 0 Å². The third kappa shape index (κ3) is 6.27. The monoisotopic (exact) mass is 935 g/mol. The molecular weight excluding hydrogens is 945 g/mol. The van der Waals surface area contributed by atoms with Crippen LogP contribution >= 0.6 is 244 Å². The van der Waals surface area contributed by atoms with Gasteiger partial charge in [0.25, 0.3) is 3.67 Å². The Bertz CT molecular complexity index is 912. The maximum atomic E-state index is 11.7. The lowest BCUT2D eigenvalue weighted by molar-refractivity contribution is 0.425. The minimum Gasteiger partial charge on any atom is -0.283 e. The van der Waals surface area contributed by atoms with Crippen molar-refractivity contribution in [1.29, 1.82) is 0 Å². The van der Waals surface area contributed by atoms with Crippen LogP contribution in [0.15, 0.2) is 0 Å². The van der Waals surface area contributed by atoms with Crippen molar-refractivity contribution < 1.29 is 13.0 Å². The van der Waals surface area contributed by atoms with Gasteiger partial charge in [-0.05, 0) is 0 Å². The van der Waals surface area contributed by atoms with Gasteiger partial charge in [0.05, 0.1) is 0 Å². The zero-order valence-electron chi connectivity index (χ0n) is 14.6. The zero-order chi connectivity index (χ0) is 29.5. The second-order valence-corrected chi connectivity index (χ2v) is 22.3. The summed E-state index contributed by atoms with van der Waals surface area (Å²) in [5, 5.41) is 0. The van der Waals surface area contributed by atoms with E-state index in [0.717, 1.165) is 0 Å². The summed E-state index contributed by atoms with van der Waals surface area (Å²) in [6, 6.07) is 0. The molecule has 0 radical (unpaired) electrons. The lowest BCUT2D eigenvalue weighted by Crippen LogP contribution is -2.73. The molecule has 0 aliphatic carbocycles. The summed E-state index contributed by atoms with van der Waals surface area (Å²) in [4.78, 5) is 0. The standard InChI is InChI=1S/C10HCl21O3S/c11-1(12,3(15,16)5(19,20)7(23,24)9(27,28)29)2(13,14)4(17,18)6(21,22)8(25,26)10(30,31)35(32,33)34/h(H,32,33,34). The molecule has 0 rings (SSSR count). The molecule has 0 saturated heterocycles. The molecule has 0 aliphatic rings. The molecule has 0 heterocycles. The third-order valence-electron chi connectivity index (χ3n) is 3.81. The van der Waals surface area contributed by atoms with Gasteiger partial charge in [-0.15, -0.1) is 0 Å². The fraction of sp³-hybridized carbons (Fsp3) is 1.00. The van der Waals surface area contributed by atoms with E-state index >= 15 is 0 Å². The first kappa shape index (κ1) is 41.0. The van der Waals surface area contributed by atoms with Crippen LogP contribution in [-0.4, -0.2) is 55.1 Å². The quantitative estimate of drug-likeness (QED) is 0.185. The topological polar surface area (TPSA) is 54.4 Å². The van der Waals surface area contributed by atoms with Crippen LogP contribution in [0.25, 0.3) is 0 Å². The van der Waals surface area contributed by atoms with Crippen molar-refractivity contribution in [1.82, 2.24) is 0 Å². The molecule has 0 fully saturated rings. The first-order valence-electron chi connectivity index (χ1n) is 6.94. The van der Waals surface area contributed by atoms with Gasteiger partial charge < -0.3 is 0 Å². The van der Waals surface area contributed by atoms with Crippen molar-refractivity contribution in [2.45, 2.75) is 42.1 Å². The molecule has 0 spiro atoms. The molecule has 212 valence electrons. The van der Waals surface area contributed by atoms with E-state index < -0.39 is 52.2 Å². The Labute approximate surface area is 304 Å². The van der Waals surface area contributed by atoms with Crippen molar-refractivity contribution in [3.05, 3.63) is 0 Å². The SMILES string of the molecule is O=S(=O)(O)C(Cl)(Cl)C(Cl)(Cl)C(Cl)(Cl)C(Cl)(Cl)C(Cl)(Cl)C(Cl)(Cl)C(Cl)(Cl)C(Cl)(Cl)C(Cl)(Cl)C(Cl)(Cl)Cl. The molecule has 0 saturated carbocycles. The van der Waals surface area contributed by atoms with Crippen LogP contribution in [0.1, 0.15) is 0 Å². The van der Waals surface area contributed by atoms with Crippen LogP contribution in [0, 0.1) is 0 Å². The summed E-state index contributed by atoms with van der Waals surface area (Å²) in [5.74, 6) is 0. The zero-order valence-corrected chi connectivity index (χ0v) is 31.3. The van der Waals surface area contributed by atoms with E-state index in [0.29, 0.717) is 0 Å². The highest BCUT2D eigenvalue weighted by Crippen LogP contribution is 2.74. The molecule has 0 unspecified atom stereocenters. The highest BCUT2D eigenvalue weighted by molar-refractivity contribution is 7.90. The molecule has 0 aromatic heterocycles. The van der Waals surface area contributed by atoms with E-state index in [-0.39, 0.29) is 0 Å². The summed E-state index contributed by atoms with van der Waals surface area (Å²) in [5.41, 5.74) is 0. The Morgan fingerprint density at radius 1 is 0.343 bits per heavy atom. The van der Waals surface area contributed by atoms with E-state index in [1.165, 1.54) is 0 Å². The molecular formula is C10HCl21O3S. The molecule has 0 aromatic carbocycles. The summed E-state index contributed by atoms with van der Waals surface area (Å²) in [7, 11) is -5.62. The number of alkyl halides is 21. The minimum atomic E-state index is -5.62. The van der Waals surface area contributed by atoms with Crippen molar-refractivity contribution in [2.75, 3.05) is 0 Å². The maximum absolute atomic E-state index is 11.7. The molecule has 0 aromatic rings. The van der Waals surface area contributed by atoms with Gasteiger partial charge in [0.1, 0.15) is 0 Å². The highest BCUT2D eigenvalue weighted by atomic mass is 35.6. The third-order valence-corrected chi connectivity index (χ3v) is 20.3. The fourth-order valence-corrected chi connectivity index (χ4v) is 9.20. The van der Waals surface area contributed by atoms with Gasteiger partial charge in [0.15, 0.2) is 26.0 Å². The van der Waals surface area contributed by atoms with E-state index in [1.54, 1.807) is 0 Å². The van der Waals surface area contributed by atoms with Crippen molar-refractivity contribution in [2.24, 2.45) is 0 Å². The summed E-state index contributed by atoms with van der Waals surface area (Å²) in [6.07, 6.45) is 0. The Kier molecular flexibility index (Phi) is 13.7. The molecule has 0 amide bonds. The molecule has 25 heteroatoms. The molecule has 35 heavy (non-hydrogen) atoms. The first-order chi connectivity index (χ1) is 14.5. The van der Waals surface area contributed by atoms with E-state index in [2.05, 4.69) is 0 Å². The summed E-state index contributed by atoms with van der Waals surface area (Å²) < 4.78 is -0.551. The van der Waals surface area contributed by atoms with Gasteiger partial charge in [0, 0.05) is 0 Å². The van der Waals surface area contributed by atoms with Gasteiger partial charge in [-0.3, -0.25) is 4.55 Å². The van der Waals surface area contributed by atoms with Crippen molar-refractivity contribution >= 4 is 254 Å². The van der Waals surface area contributed by atoms with Crippen molar-refractivity contribution in [3.8, 4) is 0 Å². The van der Waals surface area contributed by atoms with Gasteiger partial charge in [-0.25, -0.2) is 0 Å². The summed E-state index contributed by atoms with van der Waals surface area (Å²) in [6.45, 7) is 0. The van der Waals surface area contributed by atoms with E-state index in [1.807, 2.05) is 0 Å². The predicted molar refractivity (Wildman–Crippen MR) is 162 cm³/mol. The van der Waals surface area contributed by atoms with Crippen LogP contribution in [0.2, 0.25) is 0 Å². The average molecular weight is 946 g/mol. The van der Waals surface area contributed by atoms with E-state index in [4.69, 9.17) is 244 Å². The van der Waals surface area contributed by atoms with Crippen LogP contribution in [0.5, 0.6) is 0 Å². The Hall–Kier alpha value is 6.00. The lowest BCUT2D eigenvalue weighted by Gasteiger charge is -2.55. The highest BCUT2D eigenvalue weighted by Gasteiger charge is 2.84. The van der Waals surface area contributed by atoms with Gasteiger partial charge in [0.2, 0.25) is 12.5 Å². The maximum Gasteiger partial charge on any atom is 0.302 e. The number of hydrogen-bond donors (Lipinski definition) is 1. The predicted octanol–water partition coefficient (Wildman–Crippen LogP) is 11.8. The Balaban J connectivity index is 7.21. The minimum absolute atomic E-state index is 2.77. The number of hydrogen-bond acceptors (Lipinski definition) is 2. The van der Waals surface area contributed by atoms with Crippen LogP contribution < -0.4 is 0 Å². The lowest BCUT2D eigenvalue weighted by atomic mass is 10.0. The Morgan fingerprint density at radius 3 is 0.686 bits per heavy atom. The second-order valence-electron chi connectivity index (χ2n) is 6.08. The van der Waals surface area contributed by atoms with Gasteiger partial charge >= 0.3 is 10.1 Å². The summed E-state index contributed by atoms with van der Waals surface area (Å²) >= 11 is 126. The van der Waals surface area contributed by atoms with Crippen LogP contribution in [0.3, 0.4) is 0 Å². The fourth-order valence-electron chi connectivity index (χ4n) is 1.71.